The van der Waals surface area contributed by atoms with Gasteiger partial charge >= 0.3 is 6.09 Å². The van der Waals surface area contributed by atoms with Gasteiger partial charge in [0.25, 0.3) is 0 Å². The van der Waals surface area contributed by atoms with E-state index < -0.39 is 11.6 Å². The maximum Gasteiger partial charge on any atom is 0.410 e. The van der Waals surface area contributed by atoms with Crippen molar-refractivity contribution >= 4 is 12.0 Å². The van der Waals surface area contributed by atoms with Crippen molar-refractivity contribution in [2.24, 2.45) is 11.7 Å². The molecule has 2 atom stereocenters. The lowest BCUT2D eigenvalue weighted by atomic mass is 10.0. The fourth-order valence-corrected chi connectivity index (χ4v) is 2.25. The largest absolute Gasteiger partial charge is 0.444 e. The number of rotatable bonds is 4. The molecule has 6 nitrogen and oxygen atoms in total. The minimum atomic E-state index is -0.513. The van der Waals surface area contributed by atoms with Gasteiger partial charge in [0.2, 0.25) is 5.91 Å². The smallest absolute Gasteiger partial charge is 0.410 e. The quantitative estimate of drug-likeness (QED) is 0.823. The molecule has 3 N–H and O–H groups in total. The van der Waals surface area contributed by atoms with Crippen LogP contribution in [0.15, 0.2) is 0 Å². The fraction of sp³-hybridized carbons (Fsp3) is 0.867. The first-order chi connectivity index (χ1) is 9.61. The van der Waals surface area contributed by atoms with Gasteiger partial charge in [-0.25, -0.2) is 4.79 Å². The molecule has 0 radical (unpaired) electrons. The lowest BCUT2D eigenvalue weighted by Gasteiger charge is -2.29. The molecule has 0 aromatic carbocycles. The van der Waals surface area contributed by atoms with E-state index in [-0.39, 0.29) is 24.0 Å². The van der Waals surface area contributed by atoms with Crippen LogP contribution in [0.3, 0.4) is 0 Å². The van der Waals surface area contributed by atoms with Crippen LogP contribution in [-0.4, -0.2) is 47.7 Å². The first kappa shape index (κ1) is 17.8. The predicted octanol–water partition coefficient (Wildman–Crippen LogP) is 1.49. The van der Waals surface area contributed by atoms with Gasteiger partial charge in [-0.1, -0.05) is 13.8 Å². The summed E-state index contributed by atoms with van der Waals surface area (Å²) in [6.07, 6.45) is 1.49. The molecule has 1 fully saturated rings. The van der Waals surface area contributed by atoms with Crippen molar-refractivity contribution in [3.05, 3.63) is 0 Å². The van der Waals surface area contributed by atoms with Crippen LogP contribution < -0.4 is 11.1 Å². The van der Waals surface area contributed by atoms with Crippen molar-refractivity contribution in [1.29, 1.82) is 0 Å². The number of amides is 2. The van der Waals surface area contributed by atoms with Gasteiger partial charge in [-0.05, 0) is 39.5 Å². The van der Waals surface area contributed by atoms with Gasteiger partial charge in [-0.3, -0.25) is 4.79 Å². The number of carbonyl (C=O) groups is 2. The van der Waals surface area contributed by atoms with Crippen LogP contribution in [0.25, 0.3) is 0 Å². The Labute approximate surface area is 127 Å². The van der Waals surface area contributed by atoms with Crippen molar-refractivity contribution < 1.29 is 14.3 Å². The van der Waals surface area contributed by atoms with Gasteiger partial charge in [-0.15, -0.1) is 0 Å². The highest BCUT2D eigenvalue weighted by Crippen LogP contribution is 2.20. The molecule has 2 amide bonds. The average molecular weight is 299 g/mol. The van der Waals surface area contributed by atoms with Crippen LogP contribution in [0.4, 0.5) is 4.79 Å². The molecule has 122 valence electrons. The molecule has 1 aliphatic rings. The summed E-state index contributed by atoms with van der Waals surface area (Å²) in [5, 5.41) is 2.84. The fourth-order valence-electron chi connectivity index (χ4n) is 2.25. The minimum Gasteiger partial charge on any atom is -0.444 e. The molecule has 1 unspecified atom stereocenters. The average Bonchev–Trinajstić information content (AvgIpc) is 2.81. The van der Waals surface area contributed by atoms with E-state index in [0.717, 1.165) is 12.8 Å². The van der Waals surface area contributed by atoms with Crippen molar-refractivity contribution in [3.8, 4) is 0 Å². The second kappa shape index (κ2) is 7.11. The maximum absolute atomic E-state index is 12.1. The van der Waals surface area contributed by atoms with Crippen LogP contribution >= 0.6 is 0 Å². The molecule has 0 spiro atoms. The first-order valence-electron chi connectivity index (χ1n) is 7.64. The van der Waals surface area contributed by atoms with Crippen LogP contribution in [-0.2, 0) is 9.53 Å². The summed E-state index contributed by atoms with van der Waals surface area (Å²) in [5.74, 6) is -0.0726. The zero-order valence-electron chi connectivity index (χ0n) is 13.8. The van der Waals surface area contributed by atoms with Gasteiger partial charge < -0.3 is 20.7 Å². The number of carbonyl (C=O) groups excluding carboxylic acids is 2. The van der Waals surface area contributed by atoms with E-state index in [9.17, 15) is 9.59 Å². The minimum absolute atomic E-state index is 0.0110. The molecule has 1 aliphatic heterocycles. The Bertz CT molecular complexity index is 377. The third-order valence-corrected chi connectivity index (χ3v) is 3.54. The van der Waals surface area contributed by atoms with Crippen molar-refractivity contribution in [3.63, 3.8) is 0 Å². The molecule has 0 aliphatic carbocycles. The van der Waals surface area contributed by atoms with E-state index in [1.165, 1.54) is 0 Å². The van der Waals surface area contributed by atoms with Crippen molar-refractivity contribution in [2.45, 2.75) is 65.1 Å². The summed E-state index contributed by atoms with van der Waals surface area (Å²) >= 11 is 0. The van der Waals surface area contributed by atoms with Crippen molar-refractivity contribution in [2.75, 3.05) is 13.1 Å². The zero-order valence-corrected chi connectivity index (χ0v) is 13.8. The van der Waals surface area contributed by atoms with Crippen LogP contribution in [0, 0.1) is 5.92 Å². The molecule has 1 rings (SSSR count). The molecule has 21 heavy (non-hydrogen) atoms. The summed E-state index contributed by atoms with van der Waals surface area (Å²) in [6.45, 7) is 10.5. The topological polar surface area (TPSA) is 84.7 Å². The van der Waals surface area contributed by atoms with Crippen LogP contribution in [0.1, 0.15) is 47.5 Å². The lowest BCUT2D eigenvalue weighted by molar-refractivity contribution is -0.123. The predicted molar refractivity (Wildman–Crippen MR) is 81.8 cm³/mol. The number of hydrogen-bond acceptors (Lipinski definition) is 4. The Morgan fingerprint density at radius 1 is 1.38 bits per heavy atom. The standard InChI is InChI=1S/C15H29N3O3/c1-10(2)12(16)13(19)17-9-11-7-6-8-18(11)14(20)21-15(3,4)5/h10-12H,6-9,16H2,1-5H3,(H,17,19)/t11?,12-/m0/s1. The molecular weight excluding hydrogens is 270 g/mol. The highest BCUT2D eigenvalue weighted by Gasteiger charge is 2.32. The summed E-state index contributed by atoms with van der Waals surface area (Å²) in [7, 11) is 0. The van der Waals surface area contributed by atoms with Gasteiger partial charge in [0.15, 0.2) is 0 Å². The summed E-state index contributed by atoms with van der Waals surface area (Å²) < 4.78 is 5.39. The van der Waals surface area contributed by atoms with Gasteiger partial charge in [0, 0.05) is 13.1 Å². The third kappa shape index (κ3) is 5.53. The summed E-state index contributed by atoms with van der Waals surface area (Å²) in [5.41, 5.74) is 5.30. The number of ether oxygens (including phenoxy) is 1. The highest BCUT2D eigenvalue weighted by atomic mass is 16.6. The van der Waals surface area contributed by atoms with Crippen LogP contribution in [0.5, 0.6) is 0 Å². The van der Waals surface area contributed by atoms with Crippen molar-refractivity contribution in [1.82, 2.24) is 10.2 Å². The summed E-state index contributed by atoms with van der Waals surface area (Å²) in [6, 6.07) is -0.524. The van der Waals surface area contributed by atoms with E-state index in [4.69, 9.17) is 10.5 Å². The number of likely N-dealkylation sites (tertiary alicyclic amines) is 1. The molecule has 0 saturated carbocycles. The monoisotopic (exact) mass is 299 g/mol. The molecular formula is C15H29N3O3. The van der Waals surface area contributed by atoms with E-state index in [0.29, 0.717) is 13.1 Å². The molecule has 0 aromatic heterocycles. The van der Waals surface area contributed by atoms with E-state index in [1.807, 2.05) is 34.6 Å². The maximum atomic E-state index is 12.1. The van der Waals surface area contributed by atoms with E-state index >= 15 is 0 Å². The molecule has 0 bridgehead atoms. The Morgan fingerprint density at radius 3 is 2.52 bits per heavy atom. The Balaban J connectivity index is 2.51. The van der Waals surface area contributed by atoms with E-state index in [2.05, 4.69) is 5.32 Å². The normalized spacial score (nSPS) is 20.5. The second-order valence-corrected chi connectivity index (χ2v) is 6.98. The zero-order chi connectivity index (χ0) is 16.2. The molecule has 0 aromatic rings. The Kier molecular flexibility index (Phi) is 6.01. The van der Waals surface area contributed by atoms with E-state index in [1.54, 1.807) is 4.90 Å². The van der Waals surface area contributed by atoms with Crippen LogP contribution in [0.2, 0.25) is 0 Å². The molecule has 6 heteroatoms. The van der Waals surface area contributed by atoms with Gasteiger partial charge in [-0.2, -0.15) is 0 Å². The number of nitrogens with one attached hydrogen (secondary N) is 1. The Hall–Kier alpha value is -1.30. The number of nitrogens with two attached hydrogens (primary N) is 1. The molecule has 1 saturated heterocycles. The number of hydrogen-bond donors (Lipinski definition) is 2. The van der Waals surface area contributed by atoms with Gasteiger partial charge in [0.05, 0.1) is 12.1 Å². The summed E-state index contributed by atoms with van der Waals surface area (Å²) in [4.78, 5) is 25.7. The third-order valence-electron chi connectivity index (χ3n) is 3.54. The second-order valence-electron chi connectivity index (χ2n) is 6.98. The first-order valence-corrected chi connectivity index (χ1v) is 7.64. The lowest BCUT2D eigenvalue weighted by Crippen LogP contribution is -2.49. The highest BCUT2D eigenvalue weighted by molar-refractivity contribution is 5.81. The molecule has 1 heterocycles. The Morgan fingerprint density at radius 2 is 2.00 bits per heavy atom. The SMILES string of the molecule is CC(C)[C@H](N)C(=O)NCC1CCCN1C(=O)OC(C)(C)C. The van der Waals surface area contributed by atoms with Gasteiger partial charge in [0.1, 0.15) is 5.60 Å². The number of nitrogens with zero attached hydrogens (tertiary/aromatic N) is 1.